The number of benzene rings is 1. The van der Waals surface area contributed by atoms with Gasteiger partial charge in [-0.15, -0.1) is 0 Å². The number of nitrogens with two attached hydrogens (primary N) is 1. The SMILES string of the molecule is COC(=O)c1c(N2CCCC(N)C2)n(CC=C(C)C)c2c(=O)n(CC(=O)c3cccc(OC)c3)cnc12. The average molecular weight is 508 g/mol. The zero-order chi connectivity index (χ0) is 26.7. The lowest BCUT2D eigenvalue weighted by molar-refractivity contribution is 0.0603. The monoisotopic (exact) mass is 507 g/mol. The number of nitrogens with zero attached hydrogens (tertiary/aromatic N) is 4. The first-order valence-corrected chi connectivity index (χ1v) is 12.3. The van der Waals surface area contributed by atoms with Crippen molar-refractivity contribution in [1.29, 1.82) is 0 Å². The average Bonchev–Trinajstić information content (AvgIpc) is 3.23. The van der Waals surface area contributed by atoms with Crippen molar-refractivity contribution in [1.82, 2.24) is 14.1 Å². The minimum atomic E-state index is -0.577. The van der Waals surface area contributed by atoms with Crippen LogP contribution in [0.4, 0.5) is 5.82 Å². The lowest BCUT2D eigenvalue weighted by Crippen LogP contribution is -2.44. The highest BCUT2D eigenvalue weighted by molar-refractivity contribution is 6.08. The number of ether oxygens (including phenoxy) is 2. The Morgan fingerprint density at radius 2 is 2.03 bits per heavy atom. The van der Waals surface area contributed by atoms with Crippen molar-refractivity contribution in [2.45, 2.75) is 45.8 Å². The summed E-state index contributed by atoms with van der Waals surface area (Å²) >= 11 is 0. The van der Waals surface area contributed by atoms with Crippen molar-refractivity contribution < 1.29 is 19.1 Å². The maximum absolute atomic E-state index is 13.8. The summed E-state index contributed by atoms with van der Waals surface area (Å²) in [5.74, 6) is 0.276. The molecule has 10 heteroatoms. The summed E-state index contributed by atoms with van der Waals surface area (Å²) in [5, 5.41) is 0. The molecule has 0 aliphatic carbocycles. The van der Waals surface area contributed by atoms with Gasteiger partial charge in [0, 0.05) is 31.2 Å². The minimum absolute atomic E-state index is 0.0562. The van der Waals surface area contributed by atoms with E-state index in [1.807, 2.05) is 24.8 Å². The Bertz CT molecular complexity index is 1420. The third-order valence-electron chi connectivity index (χ3n) is 6.53. The van der Waals surface area contributed by atoms with Gasteiger partial charge in [0.05, 0.1) is 27.1 Å². The van der Waals surface area contributed by atoms with Gasteiger partial charge in [0.15, 0.2) is 5.78 Å². The number of fused-ring (bicyclic) bond motifs is 1. The fraction of sp³-hybridized carbons (Fsp3) is 0.407. The van der Waals surface area contributed by atoms with Crippen molar-refractivity contribution in [3.05, 3.63) is 63.7 Å². The maximum Gasteiger partial charge on any atom is 0.343 e. The number of anilines is 1. The van der Waals surface area contributed by atoms with Crippen LogP contribution in [-0.2, 0) is 17.8 Å². The Balaban J connectivity index is 1.89. The molecule has 1 aromatic carbocycles. The molecule has 0 radical (unpaired) electrons. The number of methoxy groups -OCH3 is 2. The number of esters is 1. The van der Waals surface area contributed by atoms with Crippen LogP contribution in [0.15, 0.2) is 47.0 Å². The van der Waals surface area contributed by atoms with Crippen molar-refractivity contribution >= 4 is 28.6 Å². The van der Waals surface area contributed by atoms with E-state index in [0.717, 1.165) is 18.4 Å². The van der Waals surface area contributed by atoms with Gasteiger partial charge in [0.1, 0.15) is 28.2 Å². The van der Waals surface area contributed by atoms with Crippen LogP contribution < -0.4 is 20.9 Å². The highest BCUT2D eigenvalue weighted by Gasteiger charge is 2.32. The topological polar surface area (TPSA) is 122 Å². The Labute approximate surface area is 215 Å². The highest BCUT2D eigenvalue weighted by Crippen LogP contribution is 2.33. The number of Topliss-reactive ketones (excluding diaryl/α,β-unsaturated/α-hetero) is 1. The Morgan fingerprint density at radius 1 is 1.24 bits per heavy atom. The van der Waals surface area contributed by atoms with E-state index in [0.29, 0.717) is 36.8 Å². The van der Waals surface area contributed by atoms with E-state index >= 15 is 0 Å². The number of allylic oxidation sites excluding steroid dienone is 2. The number of carbonyl (C=O) groups excluding carboxylic acids is 2. The molecule has 1 saturated heterocycles. The van der Waals surface area contributed by atoms with Gasteiger partial charge in [0.25, 0.3) is 5.56 Å². The van der Waals surface area contributed by atoms with Crippen molar-refractivity contribution in [2.75, 3.05) is 32.2 Å². The molecule has 1 atom stereocenters. The first-order chi connectivity index (χ1) is 17.7. The van der Waals surface area contributed by atoms with Crippen molar-refractivity contribution in [3.63, 3.8) is 0 Å². The predicted molar refractivity (Wildman–Crippen MR) is 142 cm³/mol. The van der Waals surface area contributed by atoms with Crippen LogP contribution in [-0.4, -0.2) is 59.2 Å². The van der Waals surface area contributed by atoms with E-state index < -0.39 is 11.5 Å². The largest absolute Gasteiger partial charge is 0.497 e. The first-order valence-electron chi connectivity index (χ1n) is 12.3. The third kappa shape index (κ3) is 5.29. The summed E-state index contributed by atoms with van der Waals surface area (Å²) in [6, 6.07) is 6.71. The van der Waals surface area contributed by atoms with Crippen LogP contribution >= 0.6 is 0 Å². The zero-order valence-corrected chi connectivity index (χ0v) is 21.7. The van der Waals surface area contributed by atoms with Gasteiger partial charge in [-0.1, -0.05) is 23.8 Å². The summed E-state index contributed by atoms with van der Waals surface area (Å²) < 4.78 is 13.4. The molecule has 0 amide bonds. The van der Waals surface area contributed by atoms with Crippen LogP contribution in [0.5, 0.6) is 5.75 Å². The van der Waals surface area contributed by atoms with Crippen LogP contribution in [0.2, 0.25) is 0 Å². The van der Waals surface area contributed by atoms with Crippen molar-refractivity contribution in [3.8, 4) is 5.75 Å². The quantitative estimate of drug-likeness (QED) is 0.281. The number of ketones is 1. The van der Waals surface area contributed by atoms with Crippen LogP contribution in [0.3, 0.4) is 0 Å². The predicted octanol–water partition coefficient (Wildman–Crippen LogP) is 2.77. The van der Waals surface area contributed by atoms with E-state index in [-0.39, 0.29) is 35.0 Å². The summed E-state index contributed by atoms with van der Waals surface area (Å²) in [5.41, 5.74) is 8.05. The second-order valence-electron chi connectivity index (χ2n) is 9.46. The molecular weight excluding hydrogens is 474 g/mol. The van der Waals surface area contributed by atoms with Gasteiger partial charge in [-0.3, -0.25) is 14.2 Å². The van der Waals surface area contributed by atoms with E-state index in [1.54, 1.807) is 28.8 Å². The smallest absolute Gasteiger partial charge is 0.343 e. The van der Waals surface area contributed by atoms with Gasteiger partial charge in [-0.25, -0.2) is 9.78 Å². The summed E-state index contributed by atoms with van der Waals surface area (Å²) in [6.45, 7) is 5.30. The van der Waals surface area contributed by atoms with Gasteiger partial charge in [0.2, 0.25) is 0 Å². The lowest BCUT2D eigenvalue weighted by Gasteiger charge is -2.33. The van der Waals surface area contributed by atoms with Crippen LogP contribution in [0.25, 0.3) is 11.0 Å². The summed E-state index contributed by atoms with van der Waals surface area (Å²) in [6.07, 6.45) is 5.03. The minimum Gasteiger partial charge on any atom is -0.497 e. The summed E-state index contributed by atoms with van der Waals surface area (Å²) in [4.78, 5) is 46.4. The molecule has 4 rings (SSSR count). The van der Waals surface area contributed by atoms with Gasteiger partial charge >= 0.3 is 5.97 Å². The van der Waals surface area contributed by atoms with Gasteiger partial charge < -0.3 is 24.7 Å². The molecule has 1 aliphatic rings. The van der Waals surface area contributed by atoms with E-state index in [2.05, 4.69) is 4.98 Å². The number of carbonyl (C=O) groups is 2. The molecule has 2 aromatic heterocycles. The maximum atomic E-state index is 13.8. The van der Waals surface area contributed by atoms with E-state index in [4.69, 9.17) is 15.2 Å². The molecule has 0 spiro atoms. The molecule has 1 fully saturated rings. The zero-order valence-electron chi connectivity index (χ0n) is 21.7. The highest BCUT2D eigenvalue weighted by atomic mass is 16.5. The first kappa shape index (κ1) is 26.2. The molecular formula is C27H33N5O5. The standard InChI is InChI=1S/C27H33N5O5/c1-17(2)10-12-32-24-23(22(27(35)37-4)25(32)30-11-6-8-19(28)14-30)29-16-31(26(24)34)15-21(33)18-7-5-9-20(13-18)36-3/h5,7,9-10,13,16,19H,6,8,11-12,14-15,28H2,1-4H3. The molecule has 1 aliphatic heterocycles. The number of aromatic nitrogens is 3. The van der Waals surface area contributed by atoms with Gasteiger partial charge in [-0.2, -0.15) is 0 Å². The molecule has 0 bridgehead atoms. The van der Waals surface area contributed by atoms with Crippen LogP contribution in [0, 0.1) is 0 Å². The number of piperidine rings is 1. The van der Waals surface area contributed by atoms with Crippen LogP contribution in [0.1, 0.15) is 47.4 Å². The number of hydrogen-bond donors (Lipinski definition) is 1. The molecule has 3 heterocycles. The normalized spacial score (nSPS) is 15.5. The molecule has 1 unspecified atom stereocenters. The molecule has 3 aromatic rings. The fourth-order valence-electron chi connectivity index (χ4n) is 4.68. The third-order valence-corrected chi connectivity index (χ3v) is 6.53. The van der Waals surface area contributed by atoms with E-state index in [1.165, 1.54) is 25.1 Å². The second-order valence-corrected chi connectivity index (χ2v) is 9.46. The number of rotatable bonds is 8. The molecule has 0 saturated carbocycles. The molecule has 2 N–H and O–H groups in total. The summed E-state index contributed by atoms with van der Waals surface area (Å²) in [7, 11) is 2.83. The van der Waals surface area contributed by atoms with E-state index in [9.17, 15) is 14.4 Å². The fourth-order valence-corrected chi connectivity index (χ4v) is 4.68. The molecule has 37 heavy (non-hydrogen) atoms. The molecule has 196 valence electrons. The molecule has 10 nitrogen and oxygen atoms in total. The van der Waals surface area contributed by atoms with Gasteiger partial charge in [-0.05, 0) is 38.8 Å². The Morgan fingerprint density at radius 3 is 2.70 bits per heavy atom. The Kier molecular flexibility index (Phi) is 7.77. The Hall–Kier alpha value is -3.92. The second kappa shape index (κ2) is 11.0. The number of hydrogen-bond acceptors (Lipinski definition) is 8. The lowest BCUT2D eigenvalue weighted by atomic mass is 10.1. The van der Waals surface area contributed by atoms with Crippen molar-refractivity contribution in [2.24, 2.45) is 5.73 Å².